The molecule has 2 atom stereocenters. The van der Waals surface area contributed by atoms with Crippen LogP contribution in [-0.2, 0) is 16.1 Å². The number of anilines is 1. The molecule has 238 valence electrons. The summed E-state index contributed by atoms with van der Waals surface area (Å²) in [6.45, 7) is 6.21. The van der Waals surface area contributed by atoms with E-state index in [9.17, 15) is 14.7 Å². The third-order valence-electron chi connectivity index (χ3n) is 7.86. The third kappa shape index (κ3) is 6.87. The molecule has 11 nitrogen and oxygen atoms in total. The molecule has 0 aliphatic carbocycles. The third-order valence-corrected chi connectivity index (χ3v) is 9.84. The van der Waals surface area contributed by atoms with Gasteiger partial charge >= 0.3 is 0 Å². The average Bonchev–Trinajstić information content (AvgIpc) is 3.66. The van der Waals surface area contributed by atoms with Crippen LogP contribution in [0.5, 0.6) is 0 Å². The first-order valence-electron chi connectivity index (χ1n) is 15.0. The molecule has 3 aromatic carbocycles. The SMILES string of the molecule is C[C@@H](O)CNC(C)(C)CC(=O)N[C@@H]1CSc2ccccc2N(Cc2ccc3[nH]c(-c4ccccc4-c4nn[nH]n4)c(Br)c3c2)C1=O. The highest BCUT2D eigenvalue weighted by atomic mass is 79.9. The summed E-state index contributed by atoms with van der Waals surface area (Å²) < 4.78 is 0.885. The summed E-state index contributed by atoms with van der Waals surface area (Å²) in [7, 11) is 0. The van der Waals surface area contributed by atoms with Gasteiger partial charge in [-0.3, -0.25) is 9.59 Å². The van der Waals surface area contributed by atoms with Crippen molar-refractivity contribution in [2.45, 2.75) is 56.3 Å². The van der Waals surface area contributed by atoms with Crippen molar-refractivity contribution in [1.82, 2.24) is 36.2 Å². The van der Waals surface area contributed by atoms with Gasteiger partial charge in [0.05, 0.1) is 28.5 Å². The average molecular weight is 704 g/mol. The number of carbonyl (C=O) groups excluding carboxylic acids is 2. The van der Waals surface area contributed by atoms with Gasteiger partial charge in [0.1, 0.15) is 6.04 Å². The molecule has 46 heavy (non-hydrogen) atoms. The van der Waals surface area contributed by atoms with Crippen LogP contribution in [0.15, 0.2) is 76.1 Å². The molecule has 5 N–H and O–H groups in total. The molecule has 0 fully saturated rings. The zero-order valence-corrected chi connectivity index (χ0v) is 28.1. The summed E-state index contributed by atoms with van der Waals surface area (Å²) in [6.07, 6.45) is -0.364. The number of amides is 2. The number of halogens is 1. The van der Waals surface area contributed by atoms with Crippen molar-refractivity contribution in [1.29, 1.82) is 0 Å². The smallest absolute Gasteiger partial charge is 0.250 e. The lowest BCUT2D eigenvalue weighted by Gasteiger charge is -2.29. The number of H-pyrrole nitrogens is 2. The monoisotopic (exact) mass is 702 g/mol. The number of tetrazole rings is 1. The standard InChI is InChI=1S/C33H35BrN8O3S/c1-19(43)16-35-33(2,3)15-28(44)36-25-18-46-27-11-7-6-10-26(27)42(32(25)45)17-20-12-13-24-23(14-20)29(34)30(37-24)21-8-4-5-9-22(21)31-38-40-41-39-31/h4-14,19,25,35,37,43H,15-18H2,1-3H3,(H,36,44)(H,38,39,40,41)/t19-,25-/m1/s1. The van der Waals surface area contributed by atoms with Crippen molar-refractivity contribution < 1.29 is 14.7 Å². The Hall–Kier alpha value is -4.04. The van der Waals surface area contributed by atoms with E-state index in [2.05, 4.69) is 58.2 Å². The molecule has 0 saturated heterocycles. The van der Waals surface area contributed by atoms with Gasteiger partial charge in [0.2, 0.25) is 11.7 Å². The summed E-state index contributed by atoms with van der Waals surface area (Å²) in [5.74, 6) is 0.535. The number of rotatable bonds is 10. The Kier molecular flexibility index (Phi) is 9.27. The van der Waals surface area contributed by atoms with Crippen molar-refractivity contribution in [3.05, 3.63) is 76.8 Å². The highest BCUT2D eigenvalue weighted by molar-refractivity contribution is 9.10. The molecule has 2 amide bonds. The Bertz CT molecular complexity index is 1870. The number of hydrogen-bond donors (Lipinski definition) is 5. The van der Waals surface area contributed by atoms with Crippen LogP contribution in [0, 0.1) is 0 Å². The van der Waals surface area contributed by atoms with E-state index in [1.54, 1.807) is 23.6 Å². The largest absolute Gasteiger partial charge is 0.392 e. The Morgan fingerprint density at radius 1 is 1.15 bits per heavy atom. The molecule has 0 spiro atoms. The molecule has 0 radical (unpaired) electrons. The van der Waals surface area contributed by atoms with Gasteiger partial charge in [-0.25, -0.2) is 0 Å². The zero-order chi connectivity index (χ0) is 32.4. The maximum Gasteiger partial charge on any atom is 0.250 e. The van der Waals surface area contributed by atoms with Crippen molar-refractivity contribution in [2.75, 3.05) is 17.2 Å². The first-order chi connectivity index (χ1) is 22.1. The predicted octanol–water partition coefficient (Wildman–Crippen LogP) is 5.04. The minimum Gasteiger partial charge on any atom is -0.392 e. The molecular formula is C33H35BrN8O3S. The number of aliphatic hydroxyl groups is 1. The number of aromatic amines is 2. The summed E-state index contributed by atoms with van der Waals surface area (Å²) in [5.41, 5.74) is 4.78. The topological polar surface area (TPSA) is 152 Å². The summed E-state index contributed by atoms with van der Waals surface area (Å²) in [6, 6.07) is 21.1. The fourth-order valence-electron chi connectivity index (χ4n) is 5.60. The highest BCUT2D eigenvalue weighted by Crippen LogP contribution is 2.40. The second-order valence-corrected chi connectivity index (χ2v) is 13.9. The normalized spacial score (nSPS) is 15.9. The van der Waals surface area contributed by atoms with E-state index >= 15 is 0 Å². The Morgan fingerprint density at radius 3 is 2.67 bits per heavy atom. The predicted molar refractivity (Wildman–Crippen MR) is 183 cm³/mol. The van der Waals surface area contributed by atoms with Crippen molar-refractivity contribution in [2.24, 2.45) is 0 Å². The van der Waals surface area contributed by atoms with E-state index in [-0.39, 0.29) is 18.2 Å². The van der Waals surface area contributed by atoms with E-state index in [0.717, 1.165) is 48.3 Å². The van der Waals surface area contributed by atoms with Crippen LogP contribution in [0.1, 0.15) is 32.8 Å². The number of benzene rings is 3. The molecule has 1 aliphatic rings. The number of carbonyl (C=O) groups is 2. The van der Waals surface area contributed by atoms with Crippen molar-refractivity contribution in [3.8, 4) is 22.6 Å². The summed E-state index contributed by atoms with van der Waals surface area (Å²) in [5, 5.41) is 31.4. The molecule has 1 aliphatic heterocycles. The van der Waals surface area contributed by atoms with Gasteiger partial charge in [0.15, 0.2) is 0 Å². The Labute approximate surface area is 279 Å². The number of aliphatic hydroxyl groups excluding tert-OH is 1. The van der Waals surface area contributed by atoms with Crippen LogP contribution in [0.3, 0.4) is 0 Å². The van der Waals surface area contributed by atoms with E-state index < -0.39 is 17.7 Å². The van der Waals surface area contributed by atoms with E-state index in [4.69, 9.17) is 0 Å². The maximum absolute atomic E-state index is 14.1. The summed E-state index contributed by atoms with van der Waals surface area (Å²) >= 11 is 5.39. The second kappa shape index (κ2) is 13.4. The number of nitrogens with one attached hydrogen (secondary N) is 4. The van der Waals surface area contributed by atoms with Gasteiger partial charge in [-0.15, -0.1) is 22.0 Å². The molecule has 3 heterocycles. The molecular weight excluding hydrogens is 668 g/mol. The van der Waals surface area contributed by atoms with Crippen LogP contribution in [0.4, 0.5) is 5.69 Å². The van der Waals surface area contributed by atoms with Crippen LogP contribution in [0.2, 0.25) is 0 Å². The maximum atomic E-state index is 14.1. The number of β-amino-alcohol motifs (C(OH)–C–C–N with tert-alkyl or cyclic N) is 1. The Balaban J connectivity index is 1.27. The van der Waals surface area contributed by atoms with E-state index in [1.165, 1.54) is 0 Å². The molecule has 0 bridgehead atoms. The van der Waals surface area contributed by atoms with Crippen molar-refractivity contribution >= 4 is 56.1 Å². The lowest BCUT2D eigenvalue weighted by molar-refractivity contribution is -0.127. The second-order valence-electron chi connectivity index (χ2n) is 12.1. The first kappa shape index (κ1) is 31.9. The summed E-state index contributed by atoms with van der Waals surface area (Å²) in [4.78, 5) is 33.5. The van der Waals surface area contributed by atoms with E-state index in [1.807, 2.05) is 74.5 Å². The zero-order valence-electron chi connectivity index (χ0n) is 25.7. The molecule has 0 saturated carbocycles. The fraction of sp³-hybridized carbons (Fsp3) is 0.303. The lowest BCUT2D eigenvalue weighted by Crippen LogP contribution is -2.52. The fourth-order valence-corrected chi connectivity index (χ4v) is 7.31. The number of nitrogens with zero attached hydrogens (tertiary/aromatic N) is 4. The Morgan fingerprint density at radius 2 is 1.91 bits per heavy atom. The minimum absolute atomic E-state index is 0.163. The number of fused-ring (bicyclic) bond motifs is 2. The molecule has 13 heteroatoms. The molecule has 0 unspecified atom stereocenters. The van der Waals surface area contributed by atoms with Crippen LogP contribution in [0.25, 0.3) is 33.5 Å². The molecule has 2 aromatic heterocycles. The van der Waals surface area contributed by atoms with Crippen LogP contribution >= 0.6 is 27.7 Å². The quantitative estimate of drug-likeness (QED) is 0.136. The van der Waals surface area contributed by atoms with Crippen LogP contribution < -0.4 is 15.5 Å². The number of hydrogen-bond acceptors (Lipinski definition) is 8. The number of para-hydroxylation sites is 1. The molecule has 5 aromatic rings. The number of aromatic nitrogens is 5. The van der Waals surface area contributed by atoms with Gasteiger partial charge in [-0.1, -0.05) is 42.5 Å². The lowest BCUT2D eigenvalue weighted by atomic mass is 9.99. The van der Waals surface area contributed by atoms with Gasteiger partial charge in [-0.05, 0) is 71.7 Å². The highest BCUT2D eigenvalue weighted by Gasteiger charge is 2.33. The van der Waals surface area contributed by atoms with Gasteiger partial charge in [-0.2, -0.15) is 5.21 Å². The van der Waals surface area contributed by atoms with Crippen molar-refractivity contribution in [3.63, 3.8) is 0 Å². The van der Waals surface area contributed by atoms with Gasteiger partial charge < -0.3 is 25.6 Å². The van der Waals surface area contributed by atoms with Crippen LogP contribution in [-0.4, -0.2) is 72.5 Å². The van der Waals surface area contributed by atoms with E-state index in [0.29, 0.717) is 24.7 Å². The number of thioether (sulfide) groups is 1. The van der Waals surface area contributed by atoms with Gasteiger partial charge in [0, 0.05) is 51.2 Å². The van der Waals surface area contributed by atoms with Gasteiger partial charge in [0.25, 0.3) is 5.91 Å². The molecule has 6 rings (SSSR count). The first-order valence-corrected chi connectivity index (χ1v) is 16.8. The minimum atomic E-state index is -0.701.